The van der Waals surface area contributed by atoms with E-state index in [1.54, 1.807) is 39.9 Å². The number of nitrogens with one attached hydrogen (secondary N) is 1. The third-order valence-corrected chi connectivity index (χ3v) is 5.23. The van der Waals surface area contributed by atoms with Crippen molar-refractivity contribution in [1.29, 1.82) is 0 Å². The van der Waals surface area contributed by atoms with Crippen molar-refractivity contribution in [2.24, 2.45) is 0 Å². The highest BCUT2D eigenvalue weighted by Crippen LogP contribution is 2.38. The van der Waals surface area contributed by atoms with Crippen molar-refractivity contribution in [3.63, 3.8) is 0 Å². The summed E-state index contributed by atoms with van der Waals surface area (Å²) >= 11 is 0. The summed E-state index contributed by atoms with van der Waals surface area (Å²) in [5.74, 6) is 3.19. The van der Waals surface area contributed by atoms with Gasteiger partial charge in [0, 0.05) is 18.4 Å². The number of benzene rings is 2. The molecule has 0 bridgehead atoms. The normalized spacial score (nSPS) is 15.2. The molecule has 1 N–H and O–H groups in total. The first kappa shape index (κ1) is 20.0. The zero-order valence-corrected chi connectivity index (χ0v) is 17.3. The van der Waals surface area contributed by atoms with Crippen LogP contribution in [-0.2, 0) is 12.8 Å². The number of hydrogen-bond donors (Lipinski definition) is 1. The molecule has 0 fully saturated rings. The SMILES string of the molecule is COc1ccc(CC2NCCc3cc(OC)c(Oc4cnccn4)cc32)cc1OC. The maximum Gasteiger partial charge on any atom is 0.238 e. The van der Waals surface area contributed by atoms with E-state index in [0.717, 1.165) is 36.4 Å². The molecule has 30 heavy (non-hydrogen) atoms. The highest BCUT2D eigenvalue weighted by Gasteiger charge is 2.24. The summed E-state index contributed by atoms with van der Waals surface area (Å²) in [6.45, 7) is 0.901. The maximum atomic E-state index is 5.97. The van der Waals surface area contributed by atoms with Crippen LogP contribution in [-0.4, -0.2) is 37.8 Å². The minimum Gasteiger partial charge on any atom is -0.493 e. The van der Waals surface area contributed by atoms with Crippen molar-refractivity contribution in [1.82, 2.24) is 15.3 Å². The fourth-order valence-corrected chi connectivity index (χ4v) is 3.77. The van der Waals surface area contributed by atoms with Crippen LogP contribution in [0.3, 0.4) is 0 Å². The number of rotatable bonds is 7. The summed E-state index contributed by atoms with van der Waals surface area (Å²) in [5, 5.41) is 3.62. The van der Waals surface area contributed by atoms with Crippen LogP contribution in [0.4, 0.5) is 0 Å². The van der Waals surface area contributed by atoms with Crippen molar-refractivity contribution in [2.45, 2.75) is 18.9 Å². The summed E-state index contributed by atoms with van der Waals surface area (Å²) in [6, 6.07) is 10.3. The molecule has 2 heterocycles. The molecule has 0 radical (unpaired) electrons. The summed E-state index contributed by atoms with van der Waals surface area (Å²) in [7, 11) is 4.94. The molecule has 1 atom stereocenters. The Balaban J connectivity index is 1.65. The predicted molar refractivity (Wildman–Crippen MR) is 113 cm³/mol. The highest BCUT2D eigenvalue weighted by molar-refractivity contribution is 5.51. The highest BCUT2D eigenvalue weighted by atomic mass is 16.5. The van der Waals surface area contributed by atoms with Gasteiger partial charge in [0.2, 0.25) is 5.88 Å². The van der Waals surface area contributed by atoms with Gasteiger partial charge in [-0.2, -0.15) is 0 Å². The van der Waals surface area contributed by atoms with E-state index in [2.05, 4.69) is 27.4 Å². The second kappa shape index (κ2) is 9.00. The second-order valence-corrected chi connectivity index (χ2v) is 7.00. The molecule has 0 saturated heterocycles. The molecule has 1 aliphatic heterocycles. The van der Waals surface area contributed by atoms with E-state index in [1.165, 1.54) is 11.1 Å². The van der Waals surface area contributed by atoms with Gasteiger partial charge in [0.15, 0.2) is 23.0 Å². The smallest absolute Gasteiger partial charge is 0.238 e. The minimum atomic E-state index is 0.141. The average molecular weight is 407 g/mol. The number of aromatic nitrogens is 2. The zero-order chi connectivity index (χ0) is 20.9. The lowest BCUT2D eigenvalue weighted by Crippen LogP contribution is -2.31. The van der Waals surface area contributed by atoms with E-state index < -0.39 is 0 Å². The Labute approximate surface area is 176 Å². The molecular weight excluding hydrogens is 382 g/mol. The molecule has 0 amide bonds. The van der Waals surface area contributed by atoms with Gasteiger partial charge >= 0.3 is 0 Å². The maximum absolute atomic E-state index is 5.97. The number of ether oxygens (including phenoxy) is 4. The van der Waals surface area contributed by atoms with E-state index in [1.807, 2.05) is 18.2 Å². The largest absolute Gasteiger partial charge is 0.493 e. The first-order valence-corrected chi connectivity index (χ1v) is 9.80. The third-order valence-electron chi connectivity index (χ3n) is 5.23. The van der Waals surface area contributed by atoms with Crippen LogP contribution in [0.25, 0.3) is 0 Å². The van der Waals surface area contributed by atoms with E-state index in [0.29, 0.717) is 17.4 Å². The molecule has 0 aliphatic carbocycles. The second-order valence-electron chi connectivity index (χ2n) is 7.00. The van der Waals surface area contributed by atoms with Crippen LogP contribution < -0.4 is 24.3 Å². The van der Waals surface area contributed by atoms with Gasteiger partial charge < -0.3 is 24.3 Å². The fraction of sp³-hybridized carbons (Fsp3) is 0.304. The van der Waals surface area contributed by atoms with Crippen molar-refractivity contribution in [2.75, 3.05) is 27.9 Å². The molecular formula is C23H25N3O4. The topological polar surface area (TPSA) is 74.7 Å². The van der Waals surface area contributed by atoms with Gasteiger partial charge in [0.1, 0.15) is 0 Å². The molecule has 7 nitrogen and oxygen atoms in total. The summed E-state index contributed by atoms with van der Waals surface area (Å²) in [4.78, 5) is 8.26. The molecule has 156 valence electrons. The van der Waals surface area contributed by atoms with Gasteiger partial charge in [0.05, 0.1) is 27.5 Å². The number of nitrogens with zero attached hydrogens (tertiary/aromatic N) is 2. The van der Waals surface area contributed by atoms with E-state index in [4.69, 9.17) is 18.9 Å². The summed E-state index contributed by atoms with van der Waals surface area (Å²) in [6.07, 6.45) is 6.53. The lowest BCUT2D eigenvalue weighted by molar-refractivity contribution is 0.354. The van der Waals surface area contributed by atoms with Gasteiger partial charge in [-0.05, 0) is 60.3 Å². The molecule has 2 aromatic carbocycles. The zero-order valence-electron chi connectivity index (χ0n) is 17.3. The lowest BCUT2D eigenvalue weighted by atomic mass is 9.89. The van der Waals surface area contributed by atoms with Crippen LogP contribution in [0.5, 0.6) is 28.9 Å². The number of fused-ring (bicyclic) bond motifs is 1. The van der Waals surface area contributed by atoms with E-state index in [-0.39, 0.29) is 6.04 Å². The quantitative estimate of drug-likeness (QED) is 0.640. The Morgan fingerprint density at radius 2 is 1.73 bits per heavy atom. The summed E-state index contributed by atoms with van der Waals surface area (Å²) in [5.41, 5.74) is 3.60. The Morgan fingerprint density at radius 3 is 2.47 bits per heavy atom. The van der Waals surface area contributed by atoms with Gasteiger partial charge in [-0.15, -0.1) is 0 Å². The monoisotopic (exact) mass is 407 g/mol. The van der Waals surface area contributed by atoms with Crippen molar-refractivity contribution >= 4 is 0 Å². The van der Waals surface area contributed by atoms with Crippen LogP contribution >= 0.6 is 0 Å². The Kier molecular flexibility index (Phi) is 5.99. The van der Waals surface area contributed by atoms with Crippen LogP contribution in [0.15, 0.2) is 48.9 Å². The molecule has 1 unspecified atom stereocenters. The summed E-state index contributed by atoms with van der Waals surface area (Å²) < 4.78 is 22.3. The predicted octanol–water partition coefficient (Wildman–Crippen LogP) is 3.72. The Bertz CT molecular complexity index is 1010. The average Bonchev–Trinajstić information content (AvgIpc) is 2.79. The fourth-order valence-electron chi connectivity index (χ4n) is 3.77. The Morgan fingerprint density at radius 1 is 0.933 bits per heavy atom. The standard InChI is InChI=1S/C23H25N3O4/c1-27-19-5-4-15(11-20(19)28-2)10-18-17-13-22(30-23-14-24-8-9-26-23)21(29-3)12-16(17)6-7-25-18/h4-5,8-9,11-14,18,25H,6-7,10H2,1-3H3. The van der Waals surface area contributed by atoms with Gasteiger partial charge in [-0.3, -0.25) is 4.98 Å². The van der Waals surface area contributed by atoms with Crippen LogP contribution in [0, 0.1) is 0 Å². The van der Waals surface area contributed by atoms with Crippen LogP contribution in [0.1, 0.15) is 22.7 Å². The molecule has 1 aromatic heterocycles. The van der Waals surface area contributed by atoms with Crippen molar-refractivity contribution in [3.05, 3.63) is 65.6 Å². The lowest BCUT2D eigenvalue weighted by Gasteiger charge is -2.28. The van der Waals surface area contributed by atoms with Gasteiger partial charge in [-0.1, -0.05) is 6.07 Å². The molecule has 4 rings (SSSR count). The van der Waals surface area contributed by atoms with E-state index >= 15 is 0 Å². The first-order chi connectivity index (χ1) is 14.7. The van der Waals surface area contributed by atoms with Crippen molar-refractivity contribution < 1.29 is 18.9 Å². The molecule has 0 saturated carbocycles. The Hall–Kier alpha value is -3.32. The first-order valence-electron chi connectivity index (χ1n) is 9.80. The van der Waals surface area contributed by atoms with Gasteiger partial charge in [-0.25, -0.2) is 4.98 Å². The molecule has 0 spiro atoms. The van der Waals surface area contributed by atoms with Crippen LogP contribution in [0.2, 0.25) is 0 Å². The van der Waals surface area contributed by atoms with E-state index in [9.17, 15) is 0 Å². The molecule has 7 heteroatoms. The minimum absolute atomic E-state index is 0.141. The molecule has 1 aliphatic rings. The third kappa shape index (κ3) is 4.16. The molecule has 3 aromatic rings. The number of hydrogen-bond acceptors (Lipinski definition) is 7. The number of methoxy groups -OCH3 is 3. The van der Waals surface area contributed by atoms with Crippen molar-refractivity contribution in [3.8, 4) is 28.9 Å². The van der Waals surface area contributed by atoms with Gasteiger partial charge in [0.25, 0.3) is 0 Å².